The Kier molecular flexibility index (Phi) is 7.49. The van der Waals surface area contributed by atoms with Crippen molar-refractivity contribution in [2.45, 2.75) is 25.9 Å². The molecule has 4 aromatic rings. The van der Waals surface area contributed by atoms with Crippen LogP contribution in [0, 0.1) is 5.82 Å². The molecule has 0 atom stereocenters. The van der Waals surface area contributed by atoms with E-state index in [9.17, 15) is 9.18 Å². The van der Waals surface area contributed by atoms with Crippen LogP contribution in [0.2, 0.25) is 0 Å². The van der Waals surface area contributed by atoms with Gasteiger partial charge in [0.25, 0.3) is 5.91 Å². The molecule has 1 amide bonds. The van der Waals surface area contributed by atoms with Crippen molar-refractivity contribution in [1.82, 2.24) is 40.3 Å². The van der Waals surface area contributed by atoms with Crippen molar-refractivity contribution in [3.05, 3.63) is 53.5 Å². The van der Waals surface area contributed by atoms with Gasteiger partial charge >= 0.3 is 0 Å². The summed E-state index contributed by atoms with van der Waals surface area (Å²) in [6, 6.07) is 4.76. The van der Waals surface area contributed by atoms with Gasteiger partial charge in [-0.3, -0.25) is 9.48 Å². The first-order valence-electron chi connectivity index (χ1n) is 9.90. The van der Waals surface area contributed by atoms with Crippen LogP contribution in [0.1, 0.15) is 28.2 Å². The molecule has 1 aliphatic heterocycles. The molecule has 12 heteroatoms. The van der Waals surface area contributed by atoms with Gasteiger partial charge in [-0.05, 0) is 25.1 Å². The summed E-state index contributed by atoms with van der Waals surface area (Å²) in [5.41, 5.74) is 3.71. The first kappa shape index (κ1) is 23.7. The molecule has 3 aromatic heterocycles. The van der Waals surface area contributed by atoms with Crippen LogP contribution < -0.4 is 10.6 Å². The lowest BCUT2D eigenvalue weighted by Crippen LogP contribution is -2.26. The number of aromatic amines is 2. The Morgan fingerprint density at radius 2 is 2.12 bits per heavy atom. The Bertz CT molecular complexity index is 1180. The summed E-state index contributed by atoms with van der Waals surface area (Å²) in [7, 11) is 0. The third-order valence-electron chi connectivity index (χ3n) is 5.19. The van der Waals surface area contributed by atoms with Crippen LogP contribution in [0.25, 0.3) is 22.6 Å². The van der Waals surface area contributed by atoms with Crippen LogP contribution in [0.15, 0.2) is 30.7 Å². The van der Waals surface area contributed by atoms with E-state index in [1.54, 1.807) is 12.5 Å². The minimum Gasteiger partial charge on any atom is -0.352 e. The fraction of sp³-hybridized carbons (Fsp3) is 0.300. The topological polar surface area (TPSA) is 116 Å². The van der Waals surface area contributed by atoms with E-state index in [2.05, 4.69) is 35.7 Å². The van der Waals surface area contributed by atoms with E-state index in [-0.39, 0.29) is 30.4 Å². The number of hydrogen-bond donors (Lipinski definition) is 4. The zero-order valence-electron chi connectivity index (χ0n) is 17.0. The van der Waals surface area contributed by atoms with Gasteiger partial charge < -0.3 is 20.6 Å². The van der Waals surface area contributed by atoms with E-state index in [1.165, 1.54) is 12.1 Å². The maximum absolute atomic E-state index is 14.6. The molecule has 170 valence electrons. The van der Waals surface area contributed by atoms with Crippen LogP contribution in [-0.2, 0) is 19.5 Å². The number of nitrogens with zero attached hydrogens (tertiary/aromatic N) is 4. The molecule has 0 unspecified atom stereocenters. The number of hydrogen-bond acceptors (Lipinski definition) is 5. The number of aryl methyl sites for hydroxylation is 1. The predicted molar refractivity (Wildman–Crippen MR) is 123 cm³/mol. The van der Waals surface area contributed by atoms with Gasteiger partial charge in [0.2, 0.25) is 0 Å². The number of rotatable bonds is 5. The first-order chi connectivity index (χ1) is 14.7. The normalized spacial score (nSPS) is 13.0. The molecule has 4 N–H and O–H groups in total. The highest BCUT2D eigenvalue weighted by atomic mass is 35.5. The summed E-state index contributed by atoms with van der Waals surface area (Å²) in [5.74, 6) is -0.512. The molecule has 32 heavy (non-hydrogen) atoms. The number of halogens is 3. The Morgan fingerprint density at radius 3 is 2.94 bits per heavy atom. The number of H-pyrrole nitrogens is 2. The number of carbonyl (C=O) groups is 1. The Labute approximate surface area is 195 Å². The fourth-order valence-electron chi connectivity index (χ4n) is 3.63. The summed E-state index contributed by atoms with van der Waals surface area (Å²) in [6.07, 6.45) is 4.87. The summed E-state index contributed by atoms with van der Waals surface area (Å²) in [4.78, 5) is 27.0. The van der Waals surface area contributed by atoms with Gasteiger partial charge in [0.15, 0.2) is 5.82 Å². The molecule has 0 radical (unpaired) electrons. The standard InChI is InChI=1S/C20H21FN8O.2ClH/c21-15-8-17-16(7-14(15)20(30)24-4-2-12-9-23-11-25-12)26-19(27-17)18-6-13-10-22-3-1-5-29(13)28-18;;/h6-9,11,22H,1-5,10H2,(H,23,25)(H,24,30)(H,26,27);2*1H. The SMILES string of the molecule is Cl.Cl.O=C(NCCc1cnc[nH]1)c1cc2nc(-c3cc4n(n3)CCCNC4)[nH]c2cc1F. The molecule has 1 aliphatic rings. The Hall–Kier alpha value is -2.95. The molecule has 0 saturated heterocycles. The molecule has 5 rings (SSSR count). The summed E-state index contributed by atoms with van der Waals surface area (Å²) < 4.78 is 16.5. The van der Waals surface area contributed by atoms with E-state index < -0.39 is 11.7 Å². The van der Waals surface area contributed by atoms with Crippen molar-refractivity contribution in [1.29, 1.82) is 0 Å². The van der Waals surface area contributed by atoms with Gasteiger partial charge in [-0.25, -0.2) is 14.4 Å². The second-order valence-electron chi connectivity index (χ2n) is 7.29. The van der Waals surface area contributed by atoms with E-state index in [0.717, 1.165) is 37.4 Å². The molecule has 4 heterocycles. The van der Waals surface area contributed by atoms with Gasteiger partial charge in [0, 0.05) is 44.0 Å². The van der Waals surface area contributed by atoms with Gasteiger partial charge in [-0.2, -0.15) is 5.10 Å². The number of aromatic nitrogens is 6. The Morgan fingerprint density at radius 1 is 1.25 bits per heavy atom. The van der Waals surface area contributed by atoms with E-state index >= 15 is 0 Å². The summed E-state index contributed by atoms with van der Waals surface area (Å²) >= 11 is 0. The number of nitrogens with one attached hydrogen (secondary N) is 4. The molecule has 9 nitrogen and oxygen atoms in total. The number of fused-ring (bicyclic) bond motifs is 2. The van der Waals surface area contributed by atoms with Gasteiger partial charge in [-0.1, -0.05) is 0 Å². The molecule has 0 bridgehead atoms. The average molecular weight is 481 g/mol. The van der Waals surface area contributed by atoms with Crippen molar-refractivity contribution in [3.63, 3.8) is 0 Å². The number of imidazole rings is 2. The summed E-state index contributed by atoms with van der Waals surface area (Å²) in [5, 5.41) is 10.7. The van der Waals surface area contributed by atoms with Crippen LogP contribution >= 0.6 is 24.8 Å². The molecule has 0 fully saturated rings. The average Bonchev–Trinajstić information content (AvgIpc) is 3.45. The lowest BCUT2D eigenvalue weighted by molar-refractivity contribution is 0.0950. The number of benzene rings is 1. The van der Waals surface area contributed by atoms with Crippen molar-refractivity contribution in [2.75, 3.05) is 13.1 Å². The summed E-state index contributed by atoms with van der Waals surface area (Å²) in [6.45, 7) is 2.94. The lowest BCUT2D eigenvalue weighted by Gasteiger charge is -2.05. The zero-order chi connectivity index (χ0) is 20.5. The highest BCUT2D eigenvalue weighted by Crippen LogP contribution is 2.23. The van der Waals surface area contributed by atoms with Gasteiger partial charge in [0.05, 0.1) is 28.6 Å². The van der Waals surface area contributed by atoms with E-state index in [1.807, 2.05) is 10.7 Å². The maximum Gasteiger partial charge on any atom is 0.254 e. The van der Waals surface area contributed by atoms with Gasteiger partial charge in [-0.15, -0.1) is 24.8 Å². The van der Waals surface area contributed by atoms with Crippen molar-refractivity contribution in [3.8, 4) is 11.5 Å². The highest BCUT2D eigenvalue weighted by Gasteiger charge is 2.18. The fourth-order valence-corrected chi connectivity index (χ4v) is 3.63. The molecular weight excluding hydrogens is 458 g/mol. The lowest BCUT2D eigenvalue weighted by atomic mass is 10.1. The van der Waals surface area contributed by atoms with Crippen LogP contribution in [-0.4, -0.2) is 48.7 Å². The third-order valence-corrected chi connectivity index (χ3v) is 5.19. The quantitative estimate of drug-likeness (QED) is 0.350. The number of amides is 1. The highest BCUT2D eigenvalue weighted by molar-refractivity contribution is 5.98. The van der Waals surface area contributed by atoms with Crippen LogP contribution in [0.5, 0.6) is 0 Å². The monoisotopic (exact) mass is 480 g/mol. The van der Waals surface area contributed by atoms with Crippen molar-refractivity contribution >= 4 is 41.8 Å². The molecule has 0 aliphatic carbocycles. The molecular formula is C20H23Cl2FN8O. The molecule has 0 saturated carbocycles. The predicted octanol–water partition coefficient (Wildman–Crippen LogP) is 2.60. The largest absolute Gasteiger partial charge is 0.352 e. The minimum absolute atomic E-state index is 0. The third kappa shape index (κ3) is 4.77. The van der Waals surface area contributed by atoms with Gasteiger partial charge in [0.1, 0.15) is 11.5 Å². The Balaban J connectivity index is 0.00000144. The maximum atomic E-state index is 14.6. The first-order valence-corrected chi connectivity index (χ1v) is 9.90. The van der Waals surface area contributed by atoms with Crippen molar-refractivity contribution in [2.24, 2.45) is 0 Å². The smallest absolute Gasteiger partial charge is 0.254 e. The second kappa shape index (κ2) is 10.1. The minimum atomic E-state index is -0.596. The molecule has 0 spiro atoms. The zero-order valence-corrected chi connectivity index (χ0v) is 18.7. The molecule has 1 aromatic carbocycles. The van der Waals surface area contributed by atoms with E-state index in [4.69, 9.17) is 0 Å². The van der Waals surface area contributed by atoms with Crippen molar-refractivity contribution < 1.29 is 9.18 Å². The van der Waals surface area contributed by atoms with Crippen LogP contribution in [0.4, 0.5) is 4.39 Å². The van der Waals surface area contributed by atoms with Crippen LogP contribution in [0.3, 0.4) is 0 Å². The number of carbonyl (C=O) groups excluding carboxylic acids is 1. The van der Waals surface area contributed by atoms with E-state index in [0.29, 0.717) is 35.5 Å². The second-order valence-corrected chi connectivity index (χ2v) is 7.29.